The standard InChI is InChI=1S/C13H20FNO4S/c1-9(8-19-3)6-15-20(17,18)13-5-11(7-16)4-12(14)10(13)2/h4-5,9,15-16H,6-8H2,1-3H3. The molecule has 5 nitrogen and oxygen atoms in total. The molecule has 1 atom stereocenters. The molecule has 0 amide bonds. The van der Waals surface area contributed by atoms with Crippen LogP contribution in [0.1, 0.15) is 18.1 Å². The summed E-state index contributed by atoms with van der Waals surface area (Å²) in [5.74, 6) is -0.650. The van der Waals surface area contributed by atoms with Crippen molar-refractivity contribution in [3.05, 3.63) is 29.1 Å². The van der Waals surface area contributed by atoms with Gasteiger partial charge in [-0.2, -0.15) is 0 Å². The summed E-state index contributed by atoms with van der Waals surface area (Å²) in [5.41, 5.74) is 0.257. The van der Waals surface area contributed by atoms with Crippen molar-refractivity contribution >= 4 is 10.0 Å². The average molecular weight is 305 g/mol. The average Bonchev–Trinajstić information content (AvgIpc) is 2.39. The van der Waals surface area contributed by atoms with E-state index in [4.69, 9.17) is 9.84 Å². The van der Waals surface area contributed by atoms with Crippen molar-refractivity contribution in [3.63, 3.8) is 0 Å². The first-order valence-electron chi connectivity index (χ1n) is 6.20. The topological polar surface area (TPSA) is 75.6 Å². The maximum atomic E-state index is 13.7. The van der Waals surface area contributed by atoms with E-state index in [1.807, 2.05) is 6.92 Å². The summed E-state index contributed by atoms with van der Waals surface area (Å²) in [7, 11) is -2.28. The first-order valence-corrected chi connectivity index (χ1v) is 7.68. The fraction of sp³-hybridized carbons (Fsp3) is 0.538. The zero-order valence-electron chi connectivity index (χ0n) is 11.8. The Hall–Kier alpha value is -1.02. The van der Waals surface area contributed by atoms with Gasteiger partial charge in [-0.25, -0.2) is 17.5 Å². The molecule has 0 fully saturated rings. The van der Waals surface area contributed by atoms with Crippen LogP contribution >= 0.6 is 0 Å². The second-order valence-corrected chi connectivity index (χ2v) is 6.51. The van der Waals surface area contributed by atoms with Gasteiger partial charge in [0, 0.05) is 25.8 Å². The minimum absolute atomic E-state index is 0.000882. The van der Waals surface area contributed by atoms with Gasteiger partial charge in [0.15, 0.2) is 0 Å². The summed E-state index contributed by atoms with van der Waals surface area (Å²) in [5, 5.41) is 9.03. The molecule has 2 N–H and O–H groups in total. The Morgan fingerprint density at radius 2 is 2.10 bits per heavy atom. The van der Waals surface area contributed by atoms with Gasteiger partial charge in [-0.1, -0.05) is 6.92 Å². The summed E-state index contributed by atoms with van der Waals surface area (Å²) in [6, 6.07) is 2.41. The van der Waals surface area contributed by atoms with E-state index in [2.05, 4.69) is 4.72 Å². The van der Waals surface area contributed by atoms with Gasteiger partial charge in [0.05, 0.1) is 11.5 Å². The third-order valence-corrected chi connectivity index (χ3v) is 4.45. The van der Waals surface area contributed by atoms with Crippen LogP contribution in [0.4, 0.5) is 4.39 Å². The van der Waals surface area contributed by atoms with Gasteiger partial charge >= 0.3 is 0 Å². The number of hydrogen-bond donors (Lipinski definition) is 2. The molecule has 1 rings (SSSR count). The van der Waals surface area contributed by atoms with Gasteiger partial charge in [-0.3, -0.25) is 0 Å². The zero-order chi connectivity index (χ0) is 15.3. The fourth-order valence-corrected chi connectivity index (χ4v) is 3.22. The van der Waals surface area contributed by atoms with Crippen molar-refractivity contribution in [1.82, 2.24) is 4.72 Å². The van der Waals surface area contributed by atoms with Crippen molar-refractivity contribution in [3.8, 4) is 0 Å². The number of benzene rings is 1. The molecule has 7 heteroatoms. The Bertz CT molecular complexity index is 560. The van der Waals surface area contributed by atoms with E-state index in [0.717, 1.165) is 6.07 Å². The molecule has 0 heterocycles. The quantitative estimate of drug-likeness (QED) is 0.793. The second kappa shape index (κ2) is 7.12. The molecule has 0 saturated carbocycles. The molecule has 1 aromatic rings. The van der Waals surface area contributed by atoms with Crippen LogP contribution in [0, 0.1) is 18.7 Å². The van der Waals surface area contributed by atoms with E-state index >= 15 is 0 Å². The Kier molecular flexibility index (Phi) is 6.07. The minimum atomic E-state index is -3.82. The molecule has 0 saturated heterocycles. The van der Waals surface area contributed by atoms with Crippen LogP contribution < -0.4 is 4.72 Å². The Labute approximate surface area is 118 Å². The second-order valence-electron chi connectivity index (χ2n) is 4.77. The third kappa shape index (κ3) is 4.24. The molecule has 0 radical (unpaired) electrons. The highest BCUT2D eigenvalue weighted by Crippen LogP contribution is 2.20. The lowest BCUT2D eigenvalue weighted by molar-refractivity contribution is 0.161. The molecule has 1 aromatic carbocycles. The van der Waals surface area contributed by atoms with Gasteiger partial charge in [0.2, 0.25) is 10.0 Å². The van der Waals surface area contributed by atoms with E-state index in [0.29, 0.717) is 6.61 Å². The molecule has 0 spiro atoms. The fourth-order valence-electron chi connectivity index (χ4n) is 1.75. The van der Waals surface area contributed by atoms with Gasteiger partial charge < -0.3 is 9.84 Å². The van der Waals surface area contributed by atoms with E-state index in [1.165, 1.54) is 20.1 Å². The van der Waals surface area contributed by atoms with Crippen molar-refractivity contribution in [1.29, 1.82) is 0 Å². The molecular formula is C13H20FNO4S. The van der Waals surface area contributed by atoms with Gasteiger partial charge in [0.1, 0.15) is 5.82 Å². The van der Waals surface area contributed by atoms with E-state index < -0.39 is 22.4 Å². The van der Waals surface area contributed by atoms with Crippen LogP contribution in [0.15, 0.2) is 17.0 Å². The van der Waals surface area contributed by atoms with E-state index in [9.17, 15) is 12.8 Å². The van der Waals surface area contributed by atoms with E-state index in [1.54, 1.807) is 0 Å². The van der Waals surface area contributed by atoms with Gasteiger partial charge in [0.25, 0.3) is 0 Å². The summed E-state index contributed by atoms with van der Waals surface area (Å²) < 4.78 is 45.4. The monoisotopic (exact) mass is 305 g/mol. The van der Waals surface area contributed by atoms with Crippen molar-refractivity contribution < 1.29 is 22.7 Å². The van der Waals surface area contributed by atoms with Crippen molar-refractivity contribution in [2.75, 3.05) is 20.3 Å². The van der Waals surface area contributed by atoms with Gasteiger partial charge in [-0.15, -0.1) is 0 Å². The maximum Gasteiger partial charge on any atom is 0.240 e. The summed E-state index contributed by atoms with van der Waals surface area (Å²) in [4.78, 5) is -0.147. The largest absolute Gasteiger partial charge is 0.392 e. The predicted octanol–water partition coefficient (Wildman–Crippen LogP) is 1.19. The van der Waals surface area contributed by atoms with Crippen LogP contribution in [0.5, 0.6) is 0 Å². The Balaban J connectivity index is 3.00. The predicted molar refractivity (Wildman–Crippen MR) is 73.3 cm³/mol. The molecule has 114 valence electrons. The SMILES string of the molecule is COCC(C)CNS(=O)(=O)c1cc(CO)cc(F)c1C. The molecule has 0 aliphatic rings. The number of sulfonamides is 1. The molecule has 0 aliphatic heterocycles. The lowest BCUT2D eigenvalue weighted by atomic mass is 10.1. The van der Waals surface area contributed by atoms with Crippen LogP contribution in [0.3, 0.4) is 0 Å². The summed E-state index contributed by atoms with van der Waals surface area (Å²) in [6.45, 7) is 3.43. The molecular weight excluding hydrogens is 285 g/mol. The smallest absolute Gasteiger partial charge is 0.240 e. The minimum Gasteiger partial charge on any atom is -0.392 e. The number of nitrogens with one attached hydrogen (secondary N) is 1. The number of methoxy groups -OCH3 is 1. The zero-order valence-corrected chi connectivity index (χ0v) is 12.6. The molecule has 20 heavy (non-hydrogen) atoms. The van der Waals surface area contributed by atoms with Crippen LogP contribution in [0.2, 0.25) is 0 Å². The van der Waals surface area contributed by atoms with Gasteiger partial charge in [-0.05, 0) is 30.5 Å². The van der Waals surface area contributed by atoms with Crippen LogP contribution in [-0.4, -0.2) is 33.8 Å². The Morgan fingerprint density at radius 3 is 2.65 bits per heavy atom. The highest BCUT2D eigenvalue weighted by Gasteiger charge is 2.20. The maximum absolute atomic E-state index is 13.7. The molecule has 1 unspecified atom stereocenters. The summed E-state index contributed by atoms with van der Waals surface area (Å²) >= 11 is 0. The highest BCUT2D eigenvalue weighted by molar-refractivity contribution is 7.89. The molecule has 0 aromatic heterocycles. The third-order valence-electron chi connectivity index (χ3n) is 2.90. The molecule has 0 bridgehead atoms. The first-order chi connectivity index (χ1) is 9.31. The lowest BCUT2D eigenvalue weighted by Crippen LogP contribution is -2.30. The number of ether oxygens (including phenoxy) is 1. The van der Waals surface area contributed by atoms with Crippen LogP contribution in [0.25, 0.3) is 0 Å². The summed E-state index contributed by atoms with van der Waals surface area (Å²) in [6.07, 6.45) is 0. The van der Waals surface area contributed by atoms with Crippen molar-refractivity contribution in [2.45, 2.75) is 25.3 Å². The number of hydrogen-bond acceptors (Lipinski definition) is 4. The normalized spacial score (nSPS) is 13.4. The first kappa shape index (κ1) is 17.0. The number of aliphatic hydroxyl groups excluding tert-OH is 1. The van der Waals surface area contributed by atoms with Crippen LogP contribution in [-0.2, 0) is 21.4 Å². The highest BCUT2D eigenvalue weighted by atomic mass is 32.2. The lowest BCUT2D eigenvalue weighted by Gasteiger charge is -2.14. The Morgan fingerprint density at radius 1 is 1.45 bits per heavy atom. The number of rotatable bonds is 7. The number of halogens is 1. The number of aliphatic hydroxyl groups is 1. The van der Waals surface area contributed by atoms with E-state index in [-0.39, 0.29) is 28.5 Å². The molecule has 0 aliphatic carbocycles. The van der Waals surface area contributed by atoms with Crippen molar-refractivity contribution in [2.24, 2.45) is 5.92 Å².